The van der Waals surface area contributed by atoms with Gasteiger partial charge in [-0.2, -0.15) is 0 Å². The zero-order chi connectivity index (χ0) is 12.8. The van der Waals surface area contributed by atoms with Crippen LogP contribution >= 0.6 is 23.8 Å². The van der Waals surface area contributed by atoms with Crippen molar-refractivity contribution < 1.29 is 0 Å². The third-order valence-corrected chi connectivity index (χ3v) is 2.84. The summed E-state index contributed by atoms with van der Waals surface area (Å²) >= 11 is 11.0. The highest BCUT2D eigenvalue weighted by atomic mass is 35.5. The Morgan fingerprint density at radius 1 is 1.59 bits per heavy atom. The van der Waals surface area contributed by atoms with Crippen LogP contribution in [0.15, 0.2) is 6.20 Å². The lowest BCUT2D eigenvalue weighted by Gasteiger charge is -2.20. The van der Waals surface area contributed by atoms with Gasteiger partial charge in [-0.1, -0.05) is 11.6 Å². The fraction of sp³-hybridized carbons (Fsp3) is 0.500. The molecule has 0 saturated carbocycles. The molecule has 0 amide bonds. The SMILES string of the molecule is CNC(=S)NCCN(C)c1cnc(C)nc1Cl. The van der Waals surface area contributed by atoms with Gasteiger partial charge in [-0.3, -0.25) is 0 Å². The molecule has 1 heterocycles. The van der Waals surface area contributed by atoms with Crippen LogP contribution < -0.4 is 15.5 Å². The number of aromatic nitrogens is 2. The standard InChI is InChI=1S/C10H16ClN5S/c1-7-14-6-8(9(11)15-7)16(3)5-4-13-10(17)12-2/h6H,4-5H2,1-3H3,(H2,12,13,17). The van der Waals surface area contributed by atoms with Crippen molar-refractivity contribution in [2.75, 3.05) is 32.1 Å². The molecule has 1 aromatic heterocycles. The Hall–Kier alpha value is -1.14. The third-order valence-electron chi connectivity index (χ3n) is 2.22. The van der Waals surface area contributed by atoms with Crippen LogP contribution in [0.4, 0.5) is 5.69 Å². The molecule has 0 fully saturated rings. The fourth-order valence-electron chi connectivity index (χ4n) is 1.24. The monoisotopic (exact) mass is 273 g/mol. The molecule has 0 unspecified atom stereocenters. The van der Waals surface area contributed by atoms with Crippen molar-refractivity contribution >= 4 is 34.6 Å². The number of nitrogens with one attached hydrogen (secondary N) is 2. The predicted octanol–water partition coefficient (Wildman–Crippen LogP) is 0.969. The fourth-order valence-corrected chi connectivity index (χ4v) is 1.66. The number of rotatable bonds is 4. The maximum atomic E-state index is 6.04. The first kappa shape index (κ1) is 13.9. The molecular weight excluding hydrogens is 258 g/mol. The van der Waals surface area contributed by atoms with Crippen LogP contribution in [0.2, 0.25) is 5.15 Å². The highest BCUT2D eigenvalue weighted by Gasteiger charge is 2.07. The van der Waals surface area contributed by atoms with Crippen molar-refractivity contribution in [2.24, 2.45) is 0 Å². The largest absolute Gasteiger partial charge is 0.369 e. The number of aryl methyl sites for hydroxylation is 1. The van der Waals surface area contributed by atoms with Crippen molar-refractivity contribution in [3.05, 3.63) is 17.2 Å². The number of hydrogen-bond donors (Lipinski definition) is 2. The Morgan fingerprint density at radius 2 is 2.29 bits per heavy atom. The van der Waals surface area contributed by atoms with Gasteiger partial charge in [0, 0.05) is 27.2 Å². The van der Waals surface area contributed by atoms with Gasteiger partial charge in [0.25, 0.3) is 0 Å². The van der Waals surface area contributed by atoms with Gasteiger partial charge in [-0.15, -0.1) is 0 Å². The molecule has 0 saturated heterocycles. The van der Waals surface area contributed by atoms with Gasteiger partial charge in [-0.05, 0) is 19.1 Å². The quantitative estimate of drug-likeness (QED) is 0.630. The van der Waals surface area contributed by atoms with Gasteiger partial charge in [0.15, 0.2) is 10.3 Å². The van der Waals surface area contributed by atoms with Gasteiger partial charge in [0.1, 0.15) is 5.82 Å². The molecule has 0 aliphatic heterocycles. The summed E-state index contributed by atoms with van der Waals surface area (Å²) in [6.07, 6.45) is 1.72. The highest BCUT2D eigenvalue weighted by molar-refractivity contribution is 7.80. The van der Waals surface area contributed by atoms with Gasteiger partial charge in [-0.25, -0.2) is 9.97 Å². The first-order valence-corrected chi connectivity index (χ1v) is 5.99. The smallest absolute Gasteiger partial charge is 0.166 e. The summed E-state index contributed by atoms with van der Waals surface area (Å²) < 4.78 is 0. The van der Waals surface area contributed by atoms with Crippen LogP contribution in [0.1, 0.15) is 5.82 Å². The van der Waals surface area contributed by atoms with Crippen molar-refractivity contribution in [3.8, 4) is 0 Å². The number of hydrogen-bond acceptors (Lipinski definition) is 4. The summed E-state index contributed by atoms with van der Waals surface area (Å²) in [7, 11) is 3.72. The van der Waals surface area contributed by atoms with E-state index in [-0.39, 0.29) is 0 Å². The second kappa shape index (κ2) is 6.56. The van der Waals surface area contributed by atoms with Crippen molar-refractivity contribution in [2.45, 2.75) is 6.92 Å². The van der Waals surface area contributed by atoms with Crippen LogP contribution in [0.5, 0.6) is 0 Å². The van der Waals surface area contributed by atoms with Gasteiger partial charge in [0.05, 0.1) is 11.9 Å². The average molecular weight is 274 g/mol. The van der Waals surface area contributed by atoms with E-state index in [2.05, 4.69) is 20.6 Å². The average Bonchev–Trinajstić information content (AvgIpc) is 2.28. The van der Waals surface area contributed by atoms with E-state index >= 15 is 0 Å². The van der Waals surface area contributed by atoms with E-state index in [0.29, 0.717) is 16.1 Å². The lowest BCUT2D eigenvalue weighted by atomic mass is 10.4. The summed E-state index contributed by atoms with van der Waals surface area (Å²) in [5.74, 6) is 0.668. The molecule has 0 bridgehead atoms. The van der Waals surface area contributed by atoms with E-state index in [0.717, 1.165) is 18.8 Å². The lowest BCUT2D eigenvalue weighted by Crippen LogP contribution is -2.37. The van der Waals surface area contributed by atoms with E-state index in [1.165, 1.54) is 0 Å². The molecule has 1 rings (SSSR count). The van der Waals surface area contributed by atoms with Crippen molar-refractivity contribution in [3.63, 3.8) is 0 Å². The van der Waals surface area contributed by atoms with Gasteiger partial charge >= 0.3 is 0 Å². The van der Waals surface area contributed by atoms with Gasteiger partial charge in [0.2, 0.25) is 0 Å². The van der Waals surface area contributed by atoms with E-state index in [1.54, 1.807) is 13.2 Å². The Labute approximate surface area is 112 Å². The molecular formula is C10H16ClN5S. The first-order chi connectivity index (χ1) is 8.04. The van der Waals surface area contributed by atoms with Crippen LogP contribution in [-0.2, 0) is 0 Å². The summed E-state index contributed by atoms with van der Waals surface area (Å²) in [5.41, 5.74) is 0.814. The Bertz CT molecular complexity index is 398. The summed E-state index contributed by atoms with van der Waals surface area (Å²) in [6.45, 7) is 3.29. The number of anilines is 1. The molecule has 0 aliphatic carbocycles. The zero-order valence-corrected chi connectivity index (χ0v) is 11.7. The van der Waals surface area contributed by atoms with Crippen LogP contribution in [-0.4, -0.2) is 42.3 Å². The van der Waals surface area contributed by atoms with Gasteiger partial charge < -0.3 is 15.5 Å². The molecule has 17 heavy (non-hydrogen) atoms. The van der Waals surface area contributed by atoms with Crippen LogP contribution in [0.3, 0.4) is 0 Å². The first-order valence-electron chi connectivity index (χ1n) is 5.20. The molecule has 0 radical (unpaired) electrons. The molecule has 0 atom stereocenters. The molecule has 1 aromatic rings. The van der Waals surface area contributed by atoms with E-state index in [9.17, 15) is 0 Å². The van der Waals surface area contributed by atoms with E-state index < -0.39 is 0 Å². The molecule has 0 spiro atoms. The second-order valence-electron chi connectivity index (χ2n) is 3.52. The lowest BCUT2D eigenvalue weighted by molar-refractivity contribution is 0.809. The molecule has 0 aromatic carbocycles. The Morgan fingerprint density at radius 3 is 2.88 bits per heavy atom. The summed E-state index contributed by atoms with van der Waals surface area (Å²) in [4.78, 5) is 10.2. The Kier molecular flexibility index (Phi) is 5.37. The Balaban J connectivity index is 2.52. The minimum absolute atomic E-state index is 0.469. The minimum Gasteiger partial charge on any atom is -0.369 e. The molecule has 94 valence electrons. The molecule has 2 N–H and O–H groups in total. The maximum Gasteiger partial charge on any atom is 0.166 e. The van der Waals surface area contributed by atoms with E-state index in [4.69, 9.17) is 23.8 Å². The predicted molar refractivity (Wildman–Crippen MR) is 74.7 cm³/mol. The normalized spacial score (nSPS) is 9.88. The third kappa shape index (κ3) is 4.32. The zero-order valence-electron chi connectivity index (χ0n) is 10.1. The van der Waals surface area contributed by atoms with Crippen molar-refractivity contribution in [1.82, 2.24) is 20.6 Å². The van der Waals surface area contributed by atoms with Crippen molar-refractivity contribution in [1.29, 1.82) is 0 Å². The van der Waals surface area contributed by atoms with Crippen LogP contribution in [0, 0.1) is 6.92 Å². The number of nitrogens with zero attached hydrogens (tertiary/aromatic N) is 3. The summed E-state index contributed by atoms with van der Waals surface area (Å²) in [6, 6.07) is 0. The molecule has 0 aliphatic rings. The number of halogens is 1. The summed E-state index contributed by atoms with van der Waals surface area (Å²) in [5, 5.41) is 7.00. The minimum atomic E-state index is 0.469. The molecule has 5 nitrogen and oxygen atoms in total. The van der Waals surface area contributed by atoms with E-state index in [1.807, 2.05) is 18.9 Å². The second-order valence-corrected chi connectivity index (χ2v) is 4.29. The number of likely N-dealkylation sites (N-methyl/N-ethyl adjacent to an activating group) is 1. The maximum absolute atomic E-state index is 6.04. The van der Waals surface area contributed by atoms with Crippen LogP contribution in [0.25, 0.3) is 0 Å². The molecule has 7 heteroatoms. The highest BCUT2D eigenvalue weighted by Crippen LogP contribution is 2.20. The number of thiocarbonyl (C=S) groups is 1. The topological polar surface area (TPSA) is 53.1 Å².